The molecule has 0 saturated heterocycles. The average Bonchev–Trinajstić information content (AvgIpc) is 2.90. The van der Waals surface area contributed by atoms with Gasteiger partial charge in [0, 0.05) is 57.0 Å². The van der Waals surface area contributed by atoms with Gasteiger partial charge < -0.3 is 9.47 Å². The van der Waals surface area contributed by atoms with E-state index in [2.05, 4.69) is 16.9 Å². The number of hydrogen-bond donors (Lipinski definition) is 0. The van der Waals surface area contributed by atoms with Gasteiger partial charge in [-0.2, -0.15) is 5.10 Å². The van der Waals surface area contributed by atoms with Gasteiger partial charge in [0.25, 0.3) is 5.56 Å². The monoisotopic (exact) mass is 383 g/mol. The Morgan fingerprint density at radius 2 is 1.86 bits per heavy atom. The molecule has 0 aliphatic carbocycles. The second-order valence-electron chi connectivity index (χ2n) is 7.11. The van der Waals surface area contributed by atoms with Crippen LogP contribution in [-0.2, 0) is 26.6 Å². The van der Waals surface area contributed by atoms with E-state index in [1.807, 2.05) is 17.9 Å². The zero-order valence-corrected chi connectivity index (χ0v) is 16.7. The van der Waals surface area contributed by atoms with Crippen LogP contribution in [0.25, 0.3) is 10.9 Å². The maximum Gasteiger partial charge on any atom is 0.261 e. The van der Waals surface area contributed by atoms with E-state index >= 15 is 0 Å². The molecule has 1 aliphatic heterocycles. The van der Waals surface area contributed by atoms with Crippen molar-refractivity contribution in [2.75, 3.05) is 27.3 Å². The van der Waals surface area contributed by atoms with Gasteiger partial charge in [-0.1, -0.05) is 0 Å². The van der Waals surface area contributed by atoms with Crippen molar-refractivity contribution in [1.29, 1.82) is 0 Å². The molecule has 0 N–H and O–H groups in total. The Bertz CT molecular complexity index is 1090. The predicted octanol–water partition coefficient (Wildman–Crippen LogP) is 1.51. The van der Waals surface area contributed by atoms with E-state index in [1.165, 1.54) is 11.3 Å². The van der Waals surface area contributed by atoms with Gasteiger partial charge in [-0.3, -0.25) is 18.9 Å². The lowest BCUT2D eigenvalue weighted by molar-refractivity contribution is 0.270. The highest BCUT2D eigenvalue weighted by Gasteiger charge is 2.20. The van der Waals surface area contributed by atoms with Crippen LogP contribution in [0.5, 0.6) is 11.5 Å². The van der Waals surface area contributed by atoms with Crippen LogP contribution in [0.15, 0.2) is 23.1 Å². The highest BCUT2D eigenvalue weighted by Crippen LogP contribution is 2.30. The first-order valence-corrected chi connectivity index (χ1v) is 9.37. The van der Waals surface area contributed by atoms with Crippen molar-refractivity contribution >= 4 is 10.9 Å². The fraction of sp³-hybridized carbons (Fsp3) is 0.450. The Labute approximate surface area is 163 Å². The van der Waals surface area contributed by atoms with E-state index in [9.17, 15) is 4.79 Å². The average molecular weight is 383 g/mol. The Morgan fingerprint density at radius 3 is 2.54 bits per heavy atom. The van der Waals surface area contributed by atoms with Gasteiger partial charge in [-0.25, -0.2) is 4.98 Å². The lowest BCUT2D eigenvalue weighted by Gasteiger charge is -2.18. The molecule has 3 aromatic rings. The minimum Gasteiger partial charge on any atom is -0.493 e. The van der Waals surface area contributed by atoms with Crippen molar-refractivity contribution in [2.45, 2.75) is 26.4 Å². The highest BCUT2D eigenvalue weighted by atomic mass is 16.5. The number of aryl methyl sites for hydroxylation is 1. The lowest BCUT2D eigenvalue weighted by atomic mass is 10.2. The molecule has 1 aromatic carbocycles. The van der Waals surface area contributed by atoms with E-state index in [1.54, 1.807) is 30.9 Å². The molecule has 28 heavy (non-hydrogen) atoms. The molecule has 8 heteroatoms. The highest BCUT2D eigenvalue weighted by molar-refractivity contribution is 5.82. The fourth-order valence-electron chi connectivity index (χ4n) is 3.73. The minimum absolute atomic E-state index is 0.0274. The summed E-state index contributed by atoms with van der Waals surface area (Å²) in [5, 5.41) is 4.88. The van der Waals surface area contributed by atoms with Crippen LogP contribution in [0.1, 0.15) is 17.1 Å². The van der Waals surface area contributed by atoms with Gasteiger partial charge in [-0.05, 0) is 13.0 Å². The number of methoxy groups -OCH3 is 2. The number of rotatable bonds is 4. The molecule has 1 aliphatic rings. The van der Waals surface area contributed by atoms with Gasteiger partial charge in [0.1, 0.15) is 5.82 Å². The van der Waals surface area contributed by atoms with Crippen LogP contribution in [0, 0.1) is 6.92 Å². The smallest absolute Gasteiger partial charge is 0.261 e. The number of aromatic nitrogens is 4. The molecule has 0 fully saturated rings. The molecule has 0 unspecified atom stereocenters. The normalized spacial score (nSPS) is 14.7. The molecule has 0 saturated carbocycles. The zero-order valence-electron chi connectivity index (χ0n) is 16.7. The zero-order chi connectivity index (χ0) is 19.8. The van der Waals surface area contributed by atoms with Gasteiger partial charge in [-0.15, -0.1) is 0 Å². The van der Waals surface area contributed by atoms with Gasteiger partial charge in [0.15, 0.2) is 11.5 Å². The molecular weight excluding hydrogens is 358 g/mol. The maximum absolute atomic E-state index is 13.1. The first-order chi connectivity index (χ1) is 13.5. The van der Waals surface area contributed by atoms with Gasteiger partial charge >= 0.3 is 0 Å². The number of benzene rings is 1. The SMILES string of the molecule is COc1cc2nc3n(c(=O)c2cc1OC)CCN(Cc1cnn(C)c1C)CC3. The first-order valence-electron chi connectivity index (χ1n) is 9.37. The third-order valence-electron chi connectivity index (χ3n) is 5.56. The number of fused-ring (bicyclic) bond motifs is 2. The van der Waals surface area contributed by atoms with Crippen molar-refractivity contribution < 1.29 is 9.47 Å². The summed E-state index contributed by atoms with van der Waals surface area (Å²) in [7, 11) is 5.10. The summed E-state index contributed by atoms with van der Waals surface area (Å²) >= 11 is 0. The predicted molar refractivity (Wildman–Crippen MR) is 106 cm³/mol. The molecular formula is C20H25N5O3. The van der Waals surface area contributed by atoms with Crippen LogP contribution in [0.4, 0.5) is 0 Å². The minimum atomic E-state index is -0.0274. The molecule has 0 amide bonds. The van der Waals surface area contributed by atoms with Crippen LogP contribution >= 0.6 is 0 Å². The quantitative estimate of drug-likeness (QED) is 0.680. The molecule has 0 atom stereocenters. The summed E-state index contributed by atoms with van der Waals surface area (Å²) in [6, 6.07) is 3.50. The summed E-state index contributed by atoms with van der Waals surface area (Å²) in [5.41, 5.74) is 3.00. The van der Waals surface area contributed by atoms with E-state index in [-0.39, 0.29) is 5.56 Å². The van der Waals surface area contributed by atoms with Crippen LogP contribution in [-0.4, -0.2) is 51.5 Å². The van der Waals surface area contributed by atoms with E-state index in [0.29, 0.717) is 28.9 Å². The maximum atomic E-state index is 13.1. The van der Waals surface area contributed by atoms with E-state index < -0.39 is 0 Å². The molecule has 3 heterocycles. The molecule has 0 bridgehead atoms. The summed E-state index contributed by atoms with van der Waals surface area (Å²) < 4.78 is 14.4. The summed E-state index contributed by atoms with van der Waals surface area (Å²) in [6.45, 7) is 5.16. The third-order valence-corrected chi connectivity index (χ3v) is 5.56. The second kappa shape index (κ2) is 7.27. The molecule has 0 radical (unpaired) electrons. The van der Waals surface area contributed by atoms with Gasteiger partial charge in [0.2, 0.25) is 0 Å². The standard InChI is InChI=1S/C20H25N5O3/c1-13-14(11-21-23(13)2)12-24-6-5-19-22-16-10-18(28-4)17(27-3)9-15(16)20(26)25(19)8-7-24/h9-11H,5-8,12H2,1-4H3. The summed E-state index contributed by atoms with van der Waals surface area (Å²) in [5.74, 6) is 1.93. The topological polar surface area (TPSA) is 74.4 Å². The van der Waals surface area contributed by atoms with Crippen LogP contribution < -0.4 is 15.0 Å². The number of hydrogen-bond acceptors (Lipinski definition) is 6. The molecule has 0 spiro atoms. The van der Waals surface area contributed by atoms with Crippen molar-refractivity contribution in [3.8, 4) is 11.5 Å². The third kappa shape index (κ3) is 3.13. The Hall–Kier alpha value is -2.87. The number of ether oxygens (including phenoxy) is 2. The first kappa shape index (κ1) is 18.5. The van der Waals surface area contributed by atoms with Crippen molar-refractivity contribution in [1.82, 2.24) is 24.2 Å². The van der Waals surface area contributed by atoms with Crippen LogP contribution in [0.2, 0.25) is 0 Å². The molecule has 2 aromatic heterocycles. The lowest BCUT2D eigenvalue weighted by Crippen LogP contribution is -2.29. The number of nitrogens with zero attached hydrogens (tertiary/aromatic N) is 5. The molecule has 4 rings (SSSR count). The Morgan fingerprint density at radius 1 is 1.11 bits per heavy atom. The Kier molecular flexibility index (Phi) is 4.80. The summed E-state index contributed by atoms with van der Waals surface area (Å²) in [4.78, 5) is 20.2. The molecule has 8 nitrogen and oxygen atoms in total. The van der Waals surface area contributed by atoms with Crippen LogP contribution in [0.3, 0.4) is 0 Å². The van der Waals surface area contributed by atoms with E-state index in [4.69, 9.17) is 14.5 Å². The summed E-state index contributed by atoms with van der Waals surface area (Å²) in [6.07, 6.45) is 2.64. The molecule has 148 valence electrons. The van der Waals surface area contributed by atoms with E-state index in [0.717, 1.165) is 31.9 Å². The van der Waals surface area contributed by atoms with Gasteiger partial charge in [0.05, 0.1) is 31.3 Å². The van der Waals surface area contributed by atoms with Crippen molar-refractivity contribution in [3.63, 3.8) is 0 Å². The Balaban J connectivity index is 1.66. The fourth-order valence-corrected chi connectivity index (χ4v) is 3.73. The van der Waals surface area contributed by atoms with Crippen molar-refractivity contribution in [3.05, 3.63) is 45.8 Å². The largest absolute Gasteiger partial charge is 0.493 e. The second-order valence-corrected chi connectivity index (χ2v) is 7.11. The van der Waals surface area contributed by atoms with Crippen molar-refractivity contribution in [2.24, 2.45) is 7.05 Å².